The predicted octanol–water partition coefficient (Wildman–Crippen LogP) is 2.96. The molecule has 0 bridgehead atoms. The fourth-order valence-electron chi connectivity index (χ4n) is 3.62. The quantitative estimate of drug-likeness (QED) is 0.800. The van der Waals surface area contributed by atoms with Crippen LogP contribution in [0.25, 0.3) is 0 Å². The molecule has 120 valence electrons. The molecule has 2 amide bonds. The molecular formula is C17H30N2O2. The maximum absolute atomic E-state index is 12.2. The Morgan fingerprint density at radius 2 is 1.24 bits per heavy atom. The minimum absolute atomic E-state index is 0.238. The second-order valence-electron chi connectivity index (χ2n) is 6.72. The standard InChI is InChI=1S/C17H30N2O2/c1-14-8-3-5-12-18(14)16(20)10-7-11-17(21)19-13-6-4-9-15(19)2/h14-15H,3-13H2,1-2H3/t14-,15+. The van der Waals surface area contributed by atoms with E-state index in [2.05, 4.69) is 13.8 Å². The molecule has 2 atom stereocenters. The van der Waals surface area contributed by atoms with Gasteiger partial charge in [-0.1, -0.05) is 0 Å². The highest BCUT2D eigenvalue weighted by Gasteiger charge is 2.25. The molecule has 2 rings (SSSR count). The highest BCUT2D eigenvalue weighted by Crippen LogP contribution is 2.20. The van der Waals surface area contributed by atoms with Crippen LogP contribution in [0, 0.1) is 0 Å². The molecule has 2 saturated heterocycles. The van der Waals surface area contributed by atoms with Crippen LogP contribution in [0.15, 0.2) is 0 Å². The molecule has 2 aliphatic rings. The van der Waals surface area contributed by atoms with Gasteiger partial charge in [0.25, 0.3) is 0 Å². The second kappa shape index (κ2) is 7.81. The van der Waals surface area contributed by atoms with Crippen LogP contribution in [-0.2, 0) is 9.59 Å². The number of hydrogen-bond donors (Lipinski definition) is 0. The molecule has 0 aromatic carbocycles. The third-order valence-corrected chi connectivity index (χ3v) is 5.03. The molecule has 0 N–H and O–H groups in total. The molecule has 4 nitrogen and oxygen atoms in total. The number of rotatable bonds is 4. The molecule has 0 aliphatic carbocycles. The van der Waals surface area contributed by atoms with E-state index < -0.39 is 0 Å². The van der Waals surface area contributed by atoms with Crippen molar-refractivity contribution in [2.24, 2.45) is 0 Å². The van der Waals surface area contributed by atoms with Crippen molar-refractivity contribution in [1.29, 1.82) is 0 Å². The average Bonchev–Trinajstić information content (AvgIpc) is 2.48. The molecule has 2 heterocycles. The van der Waals surface area contributed by atoms with Gasteiger partial charge in [-0.05, 0) is 58.8 Å². The summed E-state index contributed by atoms with van der Waals surface area (Å²) in [5.74, 6) is 0.475. The highest BCUT2D eigenvalue weighted by atomic mass is 16.2. The Kier molecular flexibility index (Phi) is 6.07. The Hall–Kier alpha value is -1.06. The van der Waals surface area contributed by atoms with E-state index in [0.29, 0.717) is 31.3 Å². The van der Waals surface area contributed by atoms with Crippen LogP contribution in [0.5, 0.6) is 0 Å². The first kappa shape index (κ1) is 16.3. The summed E-state index contributed by atoms with van der Waals surface area (Å²) in [6.07, 6.45) is 8.71. The Morgan fingerprint density at radius 1 is 0.810 bits per heavy atom. The summed E-state index contributed by atoms with van der Waals surface area (Å²) >= 11 is 0. The molecule has 0 unspecified atom stereocenters. The molecule has 2 aliphatic heterocycles. The summed E-state index contributed by atoms with van der Waals surface area (Å²) in [4.78, 5) is 28.5. The number of nitrogens with zero attached hydrogens (tertiary/aromatic N) is 2. The van der Waals surface area contributed by atoms with Crippen molar-refractivity contribution < 1.29 is 9.59 Å². The van der Waals surface area contributed by atoms with Crippen molar-refractivity contribution in [2.75, 3.05) is 13.1 Å². The van der Waals surface area contributed by atoms with Crippen LogP contribution in [-0.4, -0.2) is 46.8 Å². The number of amides is 2. The molecule has 2 fully saturated rings. The lowest BCUT2D eigenvalue weighted by Gasteiger charge is -2.34. The molecule has 21 heavy (non-hydrogen) atoms. The zero-order valence-corrected chi connectivity index (χ0v) is 13.6. The van der Waals surface area contributed by atoms with Gasteiger partial charge in [0, 0.05) is 38.0 Å². The van der Waals surface area contributed by atoms with Gasteiger partial charge in [-0.2, -0.15) is 0 Å². The predicted molar refractivity (Wildman–Crippen MR) is 83.9 cm³/mol. The lowest BCUT2D eigenvalue weighted by Crippen LogP contribution is -2.43. The first-order chi connectivity index (χ1) is 10.1. The zero-order chi connectivity index (χ0) is 15.2. The summed E-state index contributed by atoms with van der Waals surface area (Å²) in [6.45, 7) is 6.07. The van der Waals surface area contributed by atoms with E-state index in [1.807, 2.05) is 9.80 Å². The molecular weight excluding hydrogens is 264 g/mol. The van der Waals surface area contributed by atoms with E-state index in [9.17, 15) is 9.59 Å². The van der Waals surface area contributed by atoms with Crippen LogP contribution in [0.2, 0.25) is 0 Å². The van der Waals surface area contributed by atoms with Crippen LogP contribution in [0.1, 0.15) is 71.6 Å². The maximum Gasteiger partial charge on any atom is 0.222 e. The average molecular weight is 294 g/mol. The number of piperidine rings is 2. The van der Waals surface area contributed by atoms with Crippen LogP contribution in [0.3, 0.4) is 0 Å². The van der Waals surface area contributed by atoms with E-state index in [0.717, 1.165) is 38.8 Å². The second-order valence-corrected chi connectivity index (χ2v) is 6.72. The van der Waals surface area contributed by atoms with Crippen LogP contribution in [0.4, 0.5) is 0 Å². The fraction of sp³-hybridized carbons (Fsp3) is 0.882. The van der Waals surface area contributed by atoms with Gasteiger partial charge in [-0.3, -0.25) is 9.59 Å². The van der Waals surface area contributed by atoms with Gasteiger partial charge in [-0.25, -0.2) is 0 Å². The molecule has 4 heteroatoms. The number of hydrogen-bond acceptors (Lipinski definition) is 2. The zero-order valence-electron chi connectivity index (χ0n) is 13.6. The minimum atomic E-state index is 0.238. The van der Waals surface area contributed by atoms with Crippen LogP contribution < -0.4 is 0 Å². The summed E-state index contributed by atoms with van der Waals surface area (Å²) < 4.78 is 0. The van der Waals surface area contributed by atoms with Crippen molar-refractivity contribution in [3.8, 4) is 0 Å². The smallest absolute Gasteiger partial charge is 0.222 e. The van der Waals surface area contributed by atoms with Gasteiger partial charge in [0.1, 0.15) is 0 Å². The van der Waals surface area contributed by atoms with E-state index in [1.165, 1.54) is 12.8 Å². The third kappa shape index (κ3) is 4.45. The SMILES string of the molecule is C[C@@H]1CCCCN1C(=O)CCCC(=O)N1CCCC[C@@H]1C. The summed E-state index contributed by atoms with van der Waals surface area (Å²) in [5, 5.41) is 0. The summed E-state index contributed by atoms with van der Waals surface area (Å²) in [5.41, 5.74) is 0. The van der Waals surface area contributed by atoms with Crippen molar-refractivity contribution in [1.82, 2.24) is 9.80 Å². The molecule has 0 aromatic heterocycles. The third-order valence-electron chi connectivity index (χ3n) is 5.03. The van der Waals surface area contributed by atoms with Gasteiger partial charge in [-0.15, -0.1) is 0 Å². The Balaban J connectivity index is 1.70. The highest BCUT2D eigenvalue weighted by molar-refractivity contribution is 5.79. The molecule has 0 aromatic rings. The minimum Gasteiger partial charge on any atom is -0.340 e. The monoisotopic (exact) mass is 294 g/mol. The number of carbonyl (C=O) groups excluding carboxylic acids is 2. The van der Waals surface area contributed by atoms with Gasteiger partial charge in [0.05, 0.1) is 0 Å². The van der Waals surface area contributed by atoms with Gasteiger partial charge >= 0.3 is 0 Å². The Morgan fingerprint density at radius 3 is 1.62 bits per heavy atom. The van der Waals surface area contributed by atoms with Gasteiger partial charge < -0.3 is 9.80 Å². The first-order valence-corrected chi connectivity index (χ1v) is 8.68. The van der Waals surface area contributed by atoms with E-state index >= 15 is 0 Å². The van der Waals surface area contributed by atoms with Gasteiger partial charge in [0.15, 0.2) is 0 Å². The summed E-state index contributed by atoms with van der Waals surface area (Å²) in [7, 11) is 0. The van der Waals surface area contributed by atoms with Crippen molar-refractivity contribution in [2.45, 2.75) is 83.7 Å². The molecule has 0 saturated carbocycles. The summed E-state index contributed by atoms with van der Waals surface area (Å²) in [6, 6.07) is 0.758. The Bertz CT molecular complexity index is 336. The number of likely N-dealkylation sites (tertiary alicyclic amines) is 2. The lowest BCUT2D eigenvalue weighted by molar-refractivity contribution is -0.136. The molecule has 0 spiro atoms. The van der Waals surface area contributed by atoms with E-state index in [-0.39, 0.29) is 11.8 Å². The van der Waals surface area contributed by atoms with Crippen molar-refractivity contribution in [3.05, 3.63) is 0 Å². The topological polar surface area (TPSA) is 40.6 Å². The largest absolute Gasteiger partial charge is 0.340 e. The maximum atomic E-state index is 12.2. The lowest BCUT2D eigenvalue weighted by atomic mass is 10.0. The van der Waals surface area contributed by atoms with Crippen LogP contribution >= 0.6 is 0 Å². The fourth-order valence-corrected chi connectivity index (χ4v) is 3.62. The normalized spacial score (nSPS) is 26.8. The Labute approximate surface area is 128 Å². The van der Waals surface area contributed by atoms with Crippen molar-refractivity contribution in [3.63, 3.8) is 0 Å². The van der Waals surface area contributed by atoms with E-state index in [1.54, 1.807) is 0 Å². The van der Waals surface area contributed by atoms with E-state index in [4.69, 9.17) is 0 Å². The van der Waals surface area contributed by atoms with Gasteiger partial charge in [0.2, 0.25) is 11.8 Å². The first-order valence-electron chi connectivity index (χ1n) is 8.68. The van der Waals surface area contributed by atoms with Crippen molar-refractivity contribution >= 4 is 11.8 Å². The number of carbonyl (C=O) groups is 2. The molecule has 0 radical (unpaired) electrons.